The summed E-state index contributed by atoms with van der Waals surface area (Å²) in [5, 5.41) is 0. The summed E-state index contributed by atoms with van der Waals surface area (Å²) < 4.78 is 11.4. The van der Waals surface area contributed by atoms with Crippen LogP contribution < -0.4 is 5.73 Å². The van der Waals surface area contributed by atoms with E-state index in [1.165, 1.54) is 0 Å². The number of rotatable bonds is 6. The van der Waals surface area contributed by atoms with Crippen LogP contribution in [0.15, 0.2) is 12.5 Å². The second kappa shape index (κ2) is 6.15. The van der Waals surface area contributed by atoms with E-state index >= 15 is 0 Å². The summed E-state index contributed by atoms with van der Waals surface area (Å²) in [6.45, 7) is 1.77. The van der Waals surface area contributed by atoms with Gasteiger partial charge < -0.3 is 19.8 Å². The number of imidazole rings is 1. The highest BCUT2D eigenvalue weighted by atomic mass is 16.6. The number of carbonyl (C=O) groups excluding carboxylic acids is 1. The zero-order valence-electron chi connectivity index (χ0n) is 8.68. The van der Waals surface area contributed by atoms with Gasteiger partial charge in [-0.15, -0.1) is 0 Å². The third-order valence-electron chi connectivity index (χ3n) is 1.75. The van der Waals surface area contributed by atoms with Gasteiger partial charge in [0.05, 0.1) is 12.9 Å². The maximum atomic E-state index is 11.4. The Morgan fingerprint density at radius 3 is 3.07 bits per heavy atom. The van der Waals surface area contributed by atoms with Gasteiger partial charge in [-0.2, -0.15) is 0 Å². The first-order valence-corrected chi connectivity index (χ1v) is 4.66. The second-order valence-corrected chi connectivity index (χ2v) is 2.91. The molecule has 15 heavy (non-hydrogen) atoms. The standard InChI is InChI=1S/C9H15N3O3/c1-14-4-5-15-9(13)8-6-12(3-2-10)7-11-8/h6-7H,2-5,10H2,1H3. The Morgan fingerprint density at radius 2 is 2.40 bits per heavy atom. The van der Waals surface area contributed by atoms with Crippen LogP contribution in [0.3, 0.4) is 0 Å². The van der Waals surface area contributed by atoms with E-state index in [1.54, 1.807) is 24.2 Å². The molecule has 84 valence electrons. The minimum absolute atomic E-state index is 0.235. The van der Waals surface area contributed by atoms with E-state index < -0.39 is 5.97 Å². The Bertz CT molecular complexity index is 311. The predicted molar refractivity (Wildman–Crippen MR) is 53.4 cm³/mol. The van der Waals surface area contributed by atoms with Crippen LogP contribution in [-0.4, -0.2) is 42.4 Å². The van der Waals surface area contributed by atoms with Gasteiger partial charge in [0.2, 0.25) is 0 Å². The maximum Gasteiger partial charge on any atom is 0.358 e. The molecule has 0 aliphatic heterocycles. The van der Waals surface area contributed by atoms with E-state index in [4.69, 9.17) is 15.2 Å². The van der Waals surface area contributed by atoms with Gasteiger partial charge in [-0.3, -0.25) is 0 Å². The molecule has 0 bridgehead atoms. The highest BCUT2D eigenvalue weighted by molar-refractivity contribution is 5.86. The summed E-state index contributed by atoms with van der Waals surface area (Å²) in [5.41, 5.74) is 5.65. The van der Waals surface area contributed by atoms with Crippen molar-refractivity contribution < 1.29 is 14.3 Å². The van der Waals surface area contributed by atoms with E-state index in [9.17, 15) is 4.79 Å². The van der Waals surface area contributed by atoms with Gasteiger partial charge in [-0.05, 0) is 0 Å². The summed E-state index contributed by atoms with van der Waals surface area (Å²) in [6, 6.07) is 0. The topological polar surface area (TPSA) is 79.4 Å². The van der Waals surface area contributed by atoms with Crippen LogP contribution in [0.4, 0.5) is 0 Å². The van der Waals surface area contributed by atoms with Crippen LogP contribution in [0.1, 0.15) is 10.5 Å². The lowest BCUT2D eigenvalue weighted by Crippen LogP contribution is -2.11. The average Bonchev–Trinajstić information content (AvgIpc) is 2.67. The molecule has 1 heterocycles. The van der Waals surface area contributed by atoms with Crippen molar-refractivity contribution in [2.75, 3.05) is 26.9 Å². The van der Waals surface area contributed by atoms with Gasteiger partial charge in [0, 0.05) is 26.4 Å². The molecule has 2 N–H and O–H groups in total. The molecule has 0 atom stereocenters. The predicted octanol–water partition coefficient (Wildman–Crippen LogP) is -0.355. The fourth-order valence-electron chi connectivity index (χ4n) is 1.03. The van der Waals surface area contributed by atoms with Crippen LogP contribution in [-0.2, 0) is 16.0 Å². The first-order valence-electron chi connectivity index (χ1n) is 4.66. The maximum absolute atomic E-state index is 11.4. The number of nitrogens with zero attached hydrogens (tertiary/aromatic N) is 2. The minimum Gasteiger partial charge on any atom is -0.458 e. The number of carbonyl (C=O) groups is 1. The van der Waals surface area contributed by atoms with Gasteiger partial charge in [0.1, 0.15) is 6.61 Å². The fraction of sp³-hybridized carbons (Fsp3) is 0.556. The Hall–Kier alpha value is -1.40. The largest absolute Gasteiger partial charge is 0.458 e. The molecule has 1 aromatic rings. The lowest BCUT2D eigenvalue weighted by Gasteiger charge is -2.00. The van der Waals surface area contributed by atoms with Crippen molar-refractivity contribution in [1.82, 2.24) is 9.55 Å². The SMILES string of the molecule is COCCOC(=O)c1cn(CCN)cn1. The number of methoxy groups -OCH3 is 1. The number of ether oxygens (including phenoxy) is 2. The molecule has 0 saturated carbocycles. The number of hydrogen-bond acceptors (Lipinski definition) is 5. The quantitative estimate of drug-likeness (QED) is 0.516. The lowest BCUT2D eigenvalue weighted by molar-refractivity contribution is 0.0382. The second-order valence-electron chi connectivity index (χ2n) is 2.91. The van der Waals surface area contributed by atoms with Crippen LogP contribution in [0, 0.1) is 0 Å². The summed E-state index contributed by atoms with van der Waals surface area (Å²) in [7, 11) is 1.55. The van der Waals surface area contributed by atoms with E-state index in [-0.39, 0.29) is 6.61 Å². The van der Waals surface area contributed by atoms with Crippen molar-refractivity contribution in [2.24, 2.45) is 5.73 Å². The highest BCUT2D eigenvalue weighted by Crippen LogP contribution is 1.98. The first-order chi connectivity index (χ1) is 7.27. The number of esters is 1. The summed E-state index contributed by atoms with van der Waals surface area (Å²) in [6.07, 6.45) is 3.17. The Morgan fingerprint density at radius 1 is 1.60 bits per heavy atom. The van der Waals surface area contributed by atoms with Crippen molar-refractivity contribution in [2.45, 2.75) is 6.54 Å². The molecular weight excluding hydrogens is 198 g/mol. The molecule has 0 unspecified atom stereocenters. The van der Waals surface area contributed by atoms with Crippen LogP contribution in [0.5, 0.6) is 0 Å². The molecule has 0 spiro atoms. The van der Waals surface area contributed by atoms with Gasteiger partial charge >= 0.3 is 5.97 Å². The zero-order chi connectivity index (χ0) is 11.1. The summed E-state index contributed by atoms with van der Waals surface area (Å²) in [4.78, 5) is 15.3. The Labute approximate surface area is 88.0 Å². The normalized spacial score (nSPS) is 10.3. The molecule has 1 rings (SSSR count). The van der Waals surface area contributed by atoms with Crippen LogP contribution in [0.25, 0.3) is 0 Å². The first kappa shape index (κ1) is 11.7. The van der Waals surface area contributed by atoms with E-state index in [2.05, 4.69) is 4.98 Å². The van der Waals surface area contributed by atoms with E-state index in [1.807, 2.05) is 0 Å². The van der Waals surface area contributed by atoms with Gasteiger partial charge in [0.15, 0.2) is 5.69 Å². The third-order valence-corrected chi connectivity index (χ3v) is 1.75. The summed E-state index contributed by atoms with van der Waals surface area (Å²) in [5.74, 6) is -0.442. The Kier molecular flexibility index (Phi) is 4.79. The molecule has 6 heteroatoms. The molecule has 6 nitrogen and oxygen atoms in total. The van der Waals surface area contributed by atoms with E-state index in [0.29, 0.717) is 25.4 Å². The zero-order valence-corrected chi connectivity index (χ0v) is 8.68. The highest BCUT2D eigenvalue weighted by Gasteiger charge is 2.09. The van der Waals surface area contributed by atoms with Crippen molar-refractivity contribution >= 4 is 5.97 Å². The average molecular weight is 213 g/mol. The van der Waals surface area contributed by atoms with Crippen molar-refractivity contribution in [1.29, 1.82) is 0 Å². The molecule has 0 radical (unpaired) electrons. The number of nitrogens with two attached hydrogens (primary N) is 1. The smallest absolute Gasteiger partial charge is 0.358 e. The Balaban J connectivity index is 2.43. The van der Waals surface area contributed by atoms with Crippen LogP contribution in [0.2, 0.25) is 0 Å². The van der Waals surface area contributed by atoms with Gasteiger partial charge in [-0.25, -0.2) is 9.78 Å². The molecule has 0 fully saturated rings. The molecule has 0 saturated heterocycles. The molecule has 0 amide bonds. The molecular formula is C9H15N3O3. The molecule has 0 aliphatic rings. The van der Waals surface area contributed by atoms with Crippen molar-refractivity contribution in [3.63, 3.8) is 0 Å². The number of hydrogen-bond donors (Lipinski definition) is 1. The van der Waals surface area contributed by atoms with Gasteiger partial charge in [0.25, 0.3) is 0 Å². The minimum atomic E-state index is -0.442. The molecule has 0 aromatic carbocycles. The lowest BCUT2D eigenvalue weighted by atomic mass is 10.5. The molecule has 1 aromatic heterocycles. The fourth-order valence-corrected chi connectivity index (χ4v) is 1.03. The molecule has 0 aliphatic carbocycles. The van der Waals surface area contributed by atoms with Crippen molar-refractivity contribution in [3.8, 4) is 0 Å². The van der Waals surface area contributed by atoms with Crippen LogP contribution >= 0.6 is 0 Å². The van der Waals surface area contributed by atoms with Crippen molar-refractivity contribution in [3.05, 3.63) is 18.2 Å². The monoisotopic (exact) mass is 213 g/mol. The summed E-state index contributed by atoms with van der Waals surface area (Å²) >= 11 is 0. The van der Waals surface area contributed by atoms with Gasteiger partial charge in [-0.1, -0.05) is 0 Å². The third kappa shape index (κ3) is 3.69. The number of aromatic nitrogens is 2. The van der Waals surface area contributed by atoms with E-state index in [0.717, 1.165) is 0 Å².